The van der Waals surface area contributed by atoms with E-state index in [1.54, 1.807) is 56.3 Å². The molecule has 0 aliphatic carbocycles. The van der Waals surface area contributed by atoms with Gasteiger partial charge in [0.25, 0.3) is 11.2 Å². The van der Waals surface area contributed by atoms with Gasteiger partial charge in [-0.25, -0.2) is 9.79 Å². The summed E-state index contributed by atoms with van der Waals surface area (Å²) >= 11 is 1.17. The number of carbonyl (C=O) groups is 1. The largest absolute Gasteiger partial charge is 0.491 e. The molecule has 1 aromatic heterocycles. The summed E-state index contributed by atoms with van der Waals surface area (Å²) < 4.78 is 18.6. The molecule has 2 heterocycles. The second-order valence-electron chi connectivity index (χ2n) is 10.4. The molecule has 0 spiro atoms. The van der Waals surface area contributed by atoms with Gasteiger partial charge < -0.3 is 14.2 Å². The third-order valence-electron chi connectivity index (χ3n) is 6.84. The summed E-state index contributed by atoms with van der Waals surface area (Å²) in [5.41, 5.74) is 0.688. The standard InChI is InChI=1S/C32H28N4O9S/c1-5-43-31(38)28-19(4)33-32-34(29(28)21-8-13-23(14-9-21)44-18(2)3)30(37)27(46-32)16-20-6-11-24(12-7-20)45-26-15-10-22(35(39)40)17-25(26)36(41)42/h6-18,29H,5H2,1-4H3/b27-16-/t29-/m1/s1. The highest BCUT2D eigenvalue weighted by atomic mass is 32.1. The van der Waals surface area contributed by atoms with E-state index in [1.807, 2.05) is 26.0 Å². The van der Waals surface area contributed by atoms with Crippen molar-refractivity contribution in [2.45, 2.75) is 39.8 Å². The molecule has 13 nitrogen and oxygen atoms in total. The average Bonchev–Trinajstić information content (AvgIpc) is 3.31. The Bertz CT molecular complexity index is 2050. The van der Waals surface area contributed by atoms with Gasteiger partial charge in [0.2, 0.25) is 5.75 Å². The monoisotopic (exact) mass is 644 g/mol. The molecule has 0 N–H and O–H groups in total. The first kappa shape index (κ1) is 31.8. The molecule has 1 atom stereocenters. The molecule has 3 aromatic carbocycles. The Morgan fingerprint density at radius 1 is 1.02 bits per heavy atom. The van der Waals surface area contributed by atoms with Gasteiger partial charge in [0.1, 0.15) is 11.5 Å². The number of non-ortho nitro benzene ring substituents is 1. The van der Waals surface area contributed by atoms with Gasteiger partial charge in [-0.1, -0.05) is 35.6 Å². The zero-order chi connectivity index (χ0) is 33.1. The number of rotatable bonds is 10. The van der Waals surface area contributed by atoms with Crippen LogP contribution in [0.5, 0.6) is 17.2 Å². The Hall–Kier alpha value is -5.63. The molecule has 4 aromatic rings. The highest BCUT2D eigenvalue weighted by Gasteiger charge is 2.33. The molecule has 14 heteroatoms. The van der Waals surface area contributed by atoms with Crippen LogP contribution in [0.3, 0.4) is 0 Å². The zero-order valence-electron chi connectivity index (χ0n) is 25.2. The molecular formula is C32H28N4O9S. The van der Waals surface area contributed by atoms with Crippen LogP contribution in [-0.4, -0.2) is 33.1 Å². The zero-order valence-corrected chi connectivity index (χ0v) is 26.0. The van der Waals surface area contributed by atoms with E-state index in [9.17, 15) is 29.8 Å². The average molecular weight is 645 g/mol. The molecule has 0 saturated heterocycles. The summed E-state index contributed by atoms with van der Waals surface area (Å²) in [6.07, 6.45) is 1.64. The van der Waals surface area contributed by atoms with Crippen LogP contribution in [0.2, 0.25) is 0 Å². The molecular weight excluding hydrogens is 616 g/mol. The highest BCUT2D eigenvalue weighted by molar-refractivity contribution is 7.07. The van der Waals surface area contributed by atoms with Gasteiger partial charge >= 0.3 is 11.7 Å². The van der Waals surface area contributed by atoms with Crippen molar-refractivity contribution in [2.75, 3.05) is 6.61 Å². The summed E-state index contributed by atoms with van der Waals surface area (Å²) in [6, 6.07) is 16.0. The van der Waals surface area contributed by atoms with E-state index in [2.05, 4.69) is 4.99 Å². The number of nitro benzene ring substituents is 2. The SMILES string of the molecule is CCOC(=O)C1=C(C)N=c2s/c(=C\c3ccc(Oc4ccc([N+](=O)[O-])cc4[N+](=O)[O-])cc3)c(=O)n2[C@@H]1c1ccc(OC(C)C)cc1. The fourth-order valence-corrected chi connectivity index (χ4v) is 5.91. The van der Waals surface area contributed by atoms with Gasteiger partial charge in [-0.3, -0.25) is 29.6 Å². The lowest BCUT2D eigenvalue weighted by Gasteiger charge is -2.25. The molecule has 0 unspecified atom stereocenters. The number of aromatic nitrogens is 1. The van der Waals surface area contributed by atoms with E-state index >= 15 is 0 Å². The van der Waals surface area contributed by atoms with Crippen molar-refractivity contribution in [3.8, 4) is 17.2 Å². The lowest BCUT2D eigenvalue weighted by Crippen LogP contribution is -2.39. The topological polar surface area (TPSA) is 165 Å². The van der Waals surface area contributed by atoms with Crippen molar-refractivity contribution in [1.82, 2.24) is 4.57 Å². The molecule has 5 rings (SSSR count). The number of hydrogen-bond acceptors (Lipinski definition) is 11. The van der Waals surface area contributed by atoms with Crippen LogP contribution in [0.4, 0.5) is 11.4 Å². The molecule has 0 bridgehead atoms. The fourth-order valence-electron chi connectivity index (χ4n) is 4.87. The van der Waals surface area contributed by atoms with E-state index in [1.165, 1.54) is 22.0 Å². The molecule has 1 aliphatic heterocycles. The van der Waals surface area contributed by atoms with E-state index in [4.69, 9.17) is 14.2 Å². The first-order valence-electron chi connectivity index (χ1n) is 14.1. The van der Waals surface area contributed by atoms with Crippen LogP contribution in [-0.2, 0) is 9.53 Å². The van der Waals surface area contributed by atoms with Gasteiger partial charge in [0, 0.05) is 6.07 Å². The Morgan fingerprint density at radius 2 is 1.70 bits per heavy atom. The third kappa shape index (κ3) is 6.56. The number of esters is 1. The minimum atomic E-state index is -0.779. The quantitative estimate of drug-likeness (QED) is 0.128. The number of fused-ring (bicyclic) bond motifs is 1. The van der Waals surface area contributed by atoms with Crippen LogP contribution in [0.1, 0.15) is 44.9 Å². The number of benzene rings is 3. The van der Waals surface area contributed by atoms with Crippen LogP contribution >= 0.6 is 11.3 Å². The Labute approximate surface area is 265 Å². The van der Waals surface area contributed by atoms with Crippen molar-refractivity contribution >= 4 is 34.8 Å². The summed E-state index contributed by atoms with van der Waals surface area (Å²) in [5.74, 6) is 0.179. The summed E-state index contributed by atoms with van der Waals surface area (Å²) in [7, 11) is 0. The molecule has 236 valence electrons. The molecule has 0 amide bonds. The predicted octanol–water partition coefficient (Wildman–Crippen LogP) is 5.19. The van der Waals surface area contributed by atoms with Crippen molar-refractivity contribution in [2.24, 2.45) is 4.99 Å². The van der Waals surface area contributed by atoms with E-state index in [0.717, 1.165) is 12.1 Å². The van der Waals surface area contributed by atoms with Crippen LogP contribution in [0.15, 0.2) is 87.8 Å². The second-order valence-corrected chi connectivity index (χ2v) is 11.4. The number of ether oxygens (including phenoxy) is 3. The maximum Gasteiger partial charge on any atom is 0.338 e. The molecule has 0 radical (unpaired) electrons. The van der Waals surface area contributed by atoms with Gasteiger partial charge in [0.05, 0.1) is 50.5 Å². The number of thiazole rings is 1. The van der Waals surface area contributed by atoms with Crippen molar-refractivity contribution in [1.29, 1.82) is 0 Å². The van der Waals surface area contributed by atoms with Gasteiger partial charge in [-0.05, 0) is 75.2 Å². The summed E-state index contributed by atoms with van der Waals surface area (Å²) in [5, 5.41) is 22.5. The summed E-state index contributed by atoms with van der Waals surface area (Å²) in [6.45, 7) is 7.41. The number of nitro groups is 2. The van der Waals surface area contributed by atoms with Crippen LogP contribution in [0, 0.1) is 20.2 Å². The Balaban J connectivity index is 1.51. The van der Waals surface area contributed by atoms with Gasteiger partial charge in [0.15, 0.2) is 4.80 Å². The third-order valence-corrected chi connectivity index (χ3v) is 7.82. The van der Waals surface area contributed by atoms with Crippen LogP contribution < -0.4 is 24.4 Å². The minimum absolute atomic E-state index is 0.0257. The minimum Gasteiger partial charge on any atom is -0.491 e. The molecule has 1 aliphatic rings. The summed E-state index contributed by atoms with van der Waals surface area (Å²) in [4.78, 5) is 53.0. The first-order valence-corrected chi connectivity index (χ1v) is 15.0. The maximum absolute atomic E-state index is 13.9. The van der Waals surface area contributed by atoms with Gasteiger partial charge in [-0.2, -0.15) is 0 Å². The number of allylic oxidation sites excluding steroid dienone is 1. The smallest absolute Gasteiger partial charge is 0.338 e. The molecule has 0 fully saturated rings. The fraction of sp³-hybridized carbons (Fsp3) is 0.219. The van der Waals surface area contributed by atoms with Crippen LogP contribution in [0.25, 0.3) is 6.08 Å². The predicted molar refractivity (Wildman–Crippen MR) is 169 cm³/mol. The highest BCUT2D eigenvalue weighted by Crippen LogP contribution is 2.35. The van der Waals surface area contributed by atoms with E-state index in [0.29, 0.717) is 31.9 Å². The molecule has 0 saturated carbocycles. The molecule has 46 heavy (non-hydrogen) atoms. The first-order chi connectivity index (χ1) is 22.0. The second kappa shape index (κ2) is 13.2. The maximum atomic E-state index is 13.9. The lowest BCUT2D eigenvalue weighted by molar-refractivity contribution is -0.394. The normalized spacial score (nSPS) is 14.5. The number of nitrogens with zero attached hydrogens (tertiary/aromatic N) is 4. The lowest BCUT2D eigenvalue weighted by atomic mass is 9.96. The number of carbonyl (C=O) groups excluding carboxylic acids is 1. The van der Waals surface area contributed by atoms with Crippen molar-refractivity contribution in [3.63, 3.8) is 0 Å². The van der Waals surface area contributed by atoms with E-state index < -0.39 is 33.2 Å². The Kier molecular flexibility index (Phi) is 9.09. The van der Waals surface area contributed by atoms with E-state index in [-0.39, 0.29) is 35.3 Å². The van der Waals surface area contributed by atoms with Crippen molar-refractivity contribution in [3.05, 3.63) is 129 Å². The van der Waals surface area contributed by atoms with Gasteiger partial charge in [-0.15, -0.1) is 0 Å². The number of hydrogen-bond donors (Lipinski definition) is 0. The Morgan fingerprint density at radius 3 is 2.30 bits per heavy atom. The van der Waals surface area contributed by atoms with Crippen molar-refractivity contribution < 1.29 is 28.9 Å².